The van der Waals surface area contributed by atoms with E-state index in [1.165, 1.54) is 0 Å². The minimum Gasteiger partial charge on any atom is -0.395 e. The Kier molecular flexibility index (Phi) is 3.50. The minimum atomic E-state index is 0.246. The van der Waals surface area contributed by atoms with E-state index in [1.807, 2.05) is 0 Å². The van der Waals surface area contributed by atoms with Crippen LogP contribution in [0.15, 0.2) is 0 Å². The molecular weight excluding hydrogens is 152 g/mol. The van der Waals surface area contributed by atoms with Crippen molar-refractivity contribution in [3.8, 4) is 0 Å². The van der Waals surface area contributed by atoms with Crippen LogP contribution in [0.25, 0.3) is 0 Å². The second-order valence-corrected chi connectivity index (χ2v) is 3.93. The quantitative estimate of drug-likeness (QED) is 0.618. The van der Waals surface area contributed by atoms with E-state index in [0.717, 1.165) is 13.1 Å². The highest BCUT2D eigenvalue weighted by atomic mass is 16.3. The average Bonchev–Trinajstić information content (AvgIpc) is 2.05. The van der Waals surface area contributed by atoms with Crippen LogP contribution in [0.2, 0.25) is 0 Å². The number of nitrogens with one attached hydrogen (secondary N) is 1. The van der Waals surface area contributed by atoms with E-state index in [9.17, 15) is 0 Å². The lowest BCUT2D eigenvalue weighted by molar-refractivity contribution is 0.0835. The number of nitrogens with zero attached hydrogens (tertiary/aromatic N) is 1. The Bertz CT molecular complexity index is 138. The Hall–Kier alpha value is -0.120. The molecule has 3 nitrogen and oxygen atoms in total. The summed E-state index contributed by atoms with van der Waals surface area (Å²) >= 11 is 0. The normalized spacial score (nSPS) is 32.8. The highest BCUT2D eigenvalue weighted by molar-refractivity contribution is 4.84. The van der Waals surface area contributed by atoms with Gasteiger partial charge in [-0.1, -0.05) is 0 Å². The molecule has 3 heteroatoms. The van der Waals surface area contributed by atoms with E-state index >= 15 is 0 Å². The van der Waals surface area contributed by atoms with Gasteiger partial charge in [0.25, 0.3) is 0 Å². The topological polar surface area (TPSA) is 35.5 Å². The van der Waals surface area contributed by atoms with Gasteiger partial charge in [0.2, 0.25) is 0 Å². The van der Waals surface area contributed by atoms with Crippen molar-refractivity contribution in [1.29, 1.82) is 0 Å². The molecule has 0 amide bonds. The van der Waals surface area contributed by atoms with Gasteiger partial charge < -0.3 is 10.4 Å². The Labute approximate surface area is 74.8 Å². The van der Waals surface area contributed by atoms with Crippen molar-refractivity contribution in [1.82, 2.24) is 10.2 Å². The second-order valence-electron chi connectivity index (χ2n) is 3.93. The summed E-state index contributed by atoms with van der Waals surface area (Å²) in [4.78, 5) is 2.43. The molecule has 0 bridgehead atoms. The first-order valence-electron chi connectivity index (χ1n) is 4.75. The third-order valence-electron chi connectivity index (χ3n) is 2.58. The largest absolute Gasteiger partial charge is 0.395 e. The minimum absolute atomic E-state index is 0.246. The maximum Gasteiger partial charge on any atom is 0.0597 e. The van der Waals surface area contributed by atoms with Crippen molar-refractivity contribution < 1.29 is 5.11 Å². The van der Waals surface area contributed by atoms with Crippen LogP contribution in [0.5, 0.6) is 0 Å². The molecule has 0 aliphatic carbocycles. The Morgan fingerprint density at radius 1 is 1.58 bits per heavy atom. The van der Waals surface area contributed by atoms with Crippen molar-refractivity contribution >= 4 is 0 Å². The Morgan fingerprint density at radius 3 is 2.75 bits per heavy atom. The zero-order chi connectivity index (χ0) is 9.14. The summed E-state index contributed by atoms with van der Waals surface area (Å²) < 4.78 is 0. The van der Waals surface area contributed by atoms with Gasteiger partial charge in [-0.25, -0.2) is 0 Å². The lowest BCUT2D eigenvalue weighted by Crippen LogP contribution is -2.58. The van der Waals surface area contributed by atoms with E-state index in [-0.39, 0.29) is 12.6 Å². The first-order chi connectivity index (χ1) is 5.65. The van der Waals surface area contributed by atoms with E-state index in [0.29, 0.717) is 12.1 Å². The van der Waals surface area contributed by atoms with Crippen LogP contribution < -0.4 is 5.32 Å². The molecule has 0 radical (unpaired) electrons. The third kappa shape index (κ3) is 2.19. The molecule has 1 heterocycles. The molecule has 1 saturated heterocycles. The summed E-state index contributed by atoms with van der Waals surface area (Å²) in [7, 11) is 0. The maximum absolute atomic E-state index is 8.99. The zero-order valence-electron chi connectivity index (χ0n) is 8.25. The number of aliphatic hydroxyl groups is 1. The molecule has 1 fully saturated rings. The predicted octanol–water partition coefficient (Wildman–Crippen LogP) is 0.0494. The molecule has 0 aromatic heterocycles. The van der Waals surface area contributed by atoms with Crippen LogP contribution in [0.4, 0.5) is 0 Å². The molecule has 1 rings (SSSR count). The van der Waals surface area contributed by atoms with Crippen LogP contribution in [-0.4, -0.2) is 47.8 Å². The molecule has 1 aliphatic heterocycles. The first-order valence-corrected chi connectivity index (χ1v) is 4.75. The molecule has 0 saturated carbocycles. The summed E-state index contributed by atoms with van der Waals surface area (Å²) in [6.07, 6.45) is 0. The first kappa shape index (κ1) is 9.96. The molecule has 0 spiro atoms. The summed E-state index contributed by atoms with van der Waals surface area (Å²) in [6.45, 7) is 8.84. The smallest absolute Gasteiger partial charge is 0.0597 e. The van der Waals surface area contributed by atoms with Crippen molar-refractivity contribution in [2.45, 2.75) is 38.9 Å². The van der Waals surface area contributed by atoms with Crippen LogP contribution in [0.3, 0.4) is 0 Å². The van der Waals surface area contributed by atoms with Crippen LogP contribution in [0.1, 0.15) is 20.8 Å². The fourth-order valence-corrected chi connectivity index (χ4v) is 1.80. The third-order valence-corrected chi connectivity index (χ3v) is 2.58. The van der Waals surface area contributed by atoms with Gasteiger partial charge in [-0.05, 0) is 20.8 Å². The lowest BCUT2D eigenvalue weighted by Gasteiger charge is -2.40. The summed E-state index contributed by atoms with van der Waals surface area (Å²) in [5.41, 5.74) is 0. The van der Waals surface area contributed by atoms with E-state index < -0.39 is 0 Å². The molecule has 2 atom stereocenters. The highest BCUT2D eigenvalue weighted by Gasteiger charge is 2.25. The van der Waals surface area contributed by atoms with Gasteiger partial charge in [0.15, 0.2) is 0 Å². The SMILES string of the molecule is CC(C)N1CC(CO)NCC1C. The molecule has 0 aromatic rings. The van der Waals surface area contributed by atoms with Crippen molar-refractivity contribution in [3.05, 3.63) is 0 Å². The van der Waals surface area contributed by atoms with E-state index in [1.54, 1.807) is 0 Å². The number of rotatable bonds is 2. The maximum atomic E-state index is 8.99. The van der Waals surface area contributed by atoms with Crippen LogP contribution >= 0.6 is 0 Å². The number of piperazine rings is 1. The lowest BCUT2D eigenvalue weighted by atomic mass is 10.1. The van der Waals surface area contributed by atoms with E-state index in [2.05, 4.69) is 31.0 Å². The molecule has 2 unspecified atom stereocenters. The monoisotopic (exact) mass is 172 g/mol. The fourth-order valence-electron chi connectivity index (χ4n) is 1.80. The zero-order valence-corrected chi connectivity index (χ0v) is 8.25. The van der Waals surface area contributed by atoms with Crippen molar-refractivity contribution in [2.75, 3.05) is 19.7 Å². The molecule has 0 aromatic carbocycles. The van der Waals surface area contributed by atoms with Gasteiger partial charge in [0.05, 0.1) is 6.61 Å². The van der Waals surface area contributed by atoms with Gasteiger partial charge in [0.1, 0.15) is 0 Å². The Balaban J connectivity index is 2.47. The predicted molar refractivity (Wildman–Crippen MR) is 50.2 cm³/mol. The molecule has 72 valence electrons. The molecule has 12 heavy (non-hydrogen) atoms. The number of hydrogen-bond acceptors (Lipinski definition) is 3. The summed E-state index contributed by atoms with van der Waals surface area (Å²) in [6, 6.07) is 1.44. The van der Waals surface area contributed by atoms with E-state index in [4.69, 9.17) is 5.11 Å². The van der Waals surface area contributed by atoms with Crippen molar-refractivity contribution in [2.24, 2.45) is 0 Å². The highest BCUT2D eigenvalue weighted by Crippen LogP contribution is 2.10. The number of hydrogen-bond donors (Lipinski definition) is 2. The number of aliphatic hydroxyl groups excluding tert-OH is 1. The van der Waals surface area contributed by atoms with Crippen LogP contribution in [0, 0.1) is 0 Å². The molecule has 2 N–H and O–H groups in total. The standard InChI is InChI=1S/C9H20N2O/c1-7(2)11-5-9(6-12)10-4-8(11)3/h7-10,12H,4-6H2,1-3H3. The molecular formula is C9H20N2O. The molecule has 1 aliphatic rings. The van der Waals surface area contributed by atoms with Gasteiger partial charge in [-0.15, -0.1) is 0 Å². The van der Waals surface area contributed by atoms with Gasteiger partial charge in [0, 0.05) is 31.2 Å². The van der Waals surface area contributed by atoms with Gasteiger partial charge >= 0.3 is 0 Å². The van der Waals surface area contributed by atoms with Gasteiger partial charge in [-0.3, -0.25) is 4.90 Å². The summed E-state index contributed by atoms with van der Waals surface area (Å²) in [5.74, 6) is 0. The van der Waals surface area contributed by atoms with Gasteiger partial charge in [-0.2, -0.15) is 0 Å². The average molecular weight is 172 g/mol. The summed E-state index contributed by atoms with van der Waals surface area (Å²) in [5, 5.41) is 12.3. The fraction of sp³-hybridized carbons (Fsp3) is 1.00. The van der Waals surface area contributed by atoms with Crippen LogP contribution in [-0.2, 0) is 0 Å². The second kappa shape index (κ2) is 4.21. The van der Waals surface area contributed by atoms with Crippen molar-refractivity contribution in [3.63, 3.8) is 0 Å². The Morgan fingerprint density at radius 2 is 2.25 bits per heavy atom.